The Balaban J connectivity index is 2.64. The molecule has 1 unspecified atom stereocenters. The molecule has 0 aliphatic heterocycles. The lowest BCUT2D eigenvalue weighted by Gasteiger charge is -2.17. The number of aromatic nitrogens is 2. The first-order valence-electron chi connectivity index (χ1n) is 6.36. The first-order chi connectivity index (χ1) is 8.02. The average Bonchev–Trinajstić information content (AvgIpc) is 2.25. The Kier molecular flexibility index (Phi) is 5.19. The molecule has 0 bridgehead atoms. The van der Waals surface area contributed by atoms with Crippen LogP contribution in [0, 0.1) is 18.8 Å². The van der Waals surface area contributed by atoms with E-state index in [2.05, 4.69) is 41.4 Å². The van der Waals surface area contributed by atoms with Crippen molar-refractivity contribution < 1.29 is 0 Å². The van der Waals surface area contributed by atoms with Gasteiger partial charge in [-0.15, -0.1) is 0 Å². The molecule has 4 heteroatoms. The molecule has 1 aromatic rings. The maximum atomic E-state index is 4.42. The summed E-state index contributed by atoms with van der Waals surface area (Å²) in [6.45, 7) is 12.5. The highest BCUT2D eigenvalue weighted by molar-refractivity contribution is 5.42. The second-order valence-corrected chi connectivity index (χ2v) is 4.85. The Morgan fingerprint density at radius 3 is 2.47 bits per heavy atom. The van der Waals surface area contributed by atoms with Crippen molar-refractivity contribution in [2.45, 2.75) is 34.6 Å². The van der Waals surface area contributed by atoms with Gasteiger partial charge in [0.1, 0.15) is 5.82 Å². The Hall–Kier alpha value is -1.32. The maximum absolute atomic E-state index is 4.42. The largest absolute Gasteiger partial charge is 0.370 e. The van der Waals surface area contributed by atoms with Crippen molar-refractivity contribution in [3.05, 3.63) is 11.8 Å². The molecule has 4 nitrogen and oxygen atoms in total. The molecule has 1 aromatic heterocycles. The summed E-state index contributed by atoms with van der Waals surface area (Å²) in [5.41, 5.74) is 0.982. The fourth-order valence-corrected chi connectivity index (χ4v) is 1.40. The molecule has 0 aliphatic rings. The molecule has 1 atom stereocenters. The van der Waals surface area contributed by atoms with Crippen molar-refractivity contribution in [2.75, 3.05) is 23.7 Å². The van der Waals surface area contributed by atoms with Gasteiger partial charge in [-0.3, -0.25) is 0 Å². The van der Waals surface area contributed by atoms with Crippen LogP contribution >= 0.6 is 0 Å². The standard InChI is InChI=1S/C13H24N4/c1-6-14-13-16-11(5)7-12(17-13)15-8-10(4)9(2)3/h7,9-10H,6,8H2,1-5H3,(H2,14,15,16,17). The predicted octanol–water partition coefficient (Wildman–Crippen LogP) is 2.92. The van der Waals surface area contributed by atoms with E-state index in [1.54, 1.807) is 0 Å². The lowest BCUT2D eigenvalue weighted by Crippen LogP contribution is -2.17. The summed E-state index contributed by atoms with van der Waals surface area (Å²) in [6, 6.07) is 1.98. The van der Waals surface area contributed by atoms with Crippen LogP contribution in [0.25, 0.3) is 0 Å². The number of anilines is 2. The second-order valence-electron chi connectivity index (χ2n) is 4.85. The molecule has 2 N–H and O–H groups in total. The molecule has 96 valence electrons. The topological polar surface area (TPSA) is 49.8 Å². The van der Waals surface area contributed by atoms with Gasteiger partial charge in [-0.2, -0.15) is 4.98 Å². The molecule has 1 heterocycles. The summed E-state index contributed by atoms with van der Waals surface area (Å²) in [4.78, 5) is 8.74. The van der Waals surface area contributed by atoms with Crippen LogP contribution in [0.15, 0.2) is 6.07 Å². The summed E-state index contributed by atoms with van der Waals surface area (Å²) >= 11 is 0. The average molecular weight is 236 g/mol. The third-order valence-corrected chi connectivity index (χ3v) is 2.93. The van der Waals surface area contributed by atoms with Crippen LogP contribution in [-0.4, -0.2) is 23.1 Å². The van der Waals surface area contributed by atoms with Crippen molar-refractivity contribution in [2.24, 2.45) is 11.8 Å². The summed E-state index contributed by atoms with van der Waals surface area (Å²) < 4.78 is 0. The van der Waals surface area contributed by atoms with Crippen LogP contribution in [0.5, 0.6) is 0 Å². The monoisotopic (exact) mass is 236 g/mol. The van der Waals surface area contributed by atoms with Gasteiger partial charge in [0.15, 0.2) is 0 Å². The van der Waals surface area contributed by atoms with E-state index in [1.807, 2.05) is 19.9 Å². The van der Waals surface area contributed by atoms with E-state index in [0.717, 1.165) is 24.6 Å². The number of hydrogen-bond acceptors (Lipinski definition) is 4. The highest BCUT2D eigenvalue weighted by Crippen LogP contribution is 2.13. The number of nitrogens with one attached hydrogen (secondary N) is 2. The van der Waals surface area contributed by atoms with Crippen molar-refractivity contribution >= 4 is 11.8 Å². The van der Waals surface area contributed by atoms with Crippen LogP contribution in [0.3, 0.4) is 0 Å². The Labute approximate surface area is 104 Å². The van der Waals surface area contributed by atoms with E-state index in [1.165, 1.54) is 0 Å². The molecule has 0 aliphatic carbocycles. The van der Waals surface area contributed by atoms with Gasteiger partial charge in [-0.05, 0) is 25.7 Å². The fraction of sp³-hybridized carbons (Fsp3) is 0.692. The van der Waals surface area contributed by atoms with Crippen LogP contribution < -0.4 is 10.6 Å². The third-order valence-electron chi connectivity index (χ3n) is 2.93. The number of rotatable bonds is 6. The number of aryl methyl sites for hydroxylation is 1. The fourth-order valence-electron chi connectivity index (χ4n) is 1.40. The van der Waals surface area contributed by atoms with Crippen LogP contribution in [-0.2, 0) is 0 Å². The third kappa shape index (κ3) is 4.59. The van der Waals surface area contributed by atoms with Gasteiger partial charge in [0.2, 0.25) is 5.95 Å². The quantitative estimate of drug-likeness (QED) is 0.797. The lowest BCUT2D eigenvalue weighted by atomic mass is 9.98. The van der Waals surface area contributed by atoms with Gasteiger partial charge in [0.25, 0.3) is 0 Å². The van der Waals surface area contributed by atoms with Crippen molar-refractivity contribution in [3.8, 4) is 0 Å². The van der Waals surface area contributed by atoms with Gasteiger partial charge in [0.05, 0.1) is 0 Å². The normalized spacial score (nSPS) is 12.6. The molecule has 0 radical (unpaired) electrons. The summed E-state index contributed by atoms with van der Waals surface area (Å²) in [5.74, 6) is 2.92. The molecule has 17 heavy (non-hydrogen) atoms. The number of hydrogen-bond donors (Lipinski definition) is 2. The highest BCUT2D eigenvalue weighted by atomic mass is 15.1. The SMILES string of the molecule is CCNc1nc(C)cc(NCC(C)C(C)C)n1. The maximum Gasteiger partial charge on any atom is 0.224 e. The minimum Gasteiger partial charge on any atom is -0.370 e. The van der Waals surface area contributed by atoms with E-state index in [9.17, 15) is 0 Å². The summed E-state index contributed by atoms with van der Waals surface area (Å²) in [5, 5.41) is 6.51. The van der Waals surface area contributed by atoms with E-state index in [4.69, 9.17) is 0 Å². The molecule has 1 rings (SSSR count). The van der Waals surface area contributed by atoms with Crippen LogP contribution in [0.2, 0.25) is 0 Å². The van der Waals surface area contributed by atoms with Gasteiger partial charge in [-0.25, -0.2) is 4.98 Å². The Bertz CT molecular complexity index is 349. The minimum absolute atomic E-state index is 0.632. The molecule has 0 fully saturated rings. The van der Waals surface area contributed by atoms with Crippen LogP contribution in [0.4, 0.5) is 11.8 Å². The molecule has 0 amide bonds. The summed E-state index contributed by atoms with van der Waals surface area (Å²) in [6.07, 6.45) is 0. The first kappa shape index (κ1) is 13.7. The van der Waals surface area contributed by atoms with Crippen molar-refractivity contribution in [3.63, 3.8) is 0 Å². The number of nitrogens with zero attached hydrogens (tertiary/aromatic N) is 2. The Morgan fingerprint density at radius 2 is 1.88 bits per heavy atom. The van der Waals surface area contributed by atoms with E-state index in [-0.39, 0.29) is 0 Å². The molecule has 0 aromatic carbocycles. The predicted molar refractivity (Wildman–Crippen MR) is 73.4 cm³/mol. The van der Waals surface area contributed by atoms with E-state index >= 15 is 0 Å². The van der Waals surface area contributed by atoms with E-state index in [0.29, 0.717) is 17.8 Å². The molecular formula is C13H24N4. The highest BCUT2D eigenvalue weighted by Gasteiger charge is 2.07. The second kappa shape index (κ2) is 6.42. The summed E-state index contributed by atoms with van der Waals surface area (Å²) in [7, 11) is 0. The molecule has 0 saturated heterocycles. The Morgan fingerprint density at radius 1 is 1.18 bits per heavy atom. The smallest absolute Gasteiger partial charge is 0.224 e. The van der Waals surface area contributed by atoms with Gasteiger partial charge in [0, 0.05) is 24.8 Å². The van der Waals surface area contributed by atoms with Gasteiger partial charge in [-0.1, -0.05) is 20.8 Å². The van der Waals surface area contributed by atoms with E-state index < -0.39 is 0 Å². The molecule has 0 saturated carbocycles. The molecule has 0 spiro atoms. The first-order valence-corrected chi connectivity index (χ1v) is 6.36. The van der Waals surface area contributed by atoms with Gasteiger partial charge < -0.3 is 10.6 Å². The van der Waals surface area contributed by atoms with Crippen molar-refractivity contribution in [1.29, 1.82) is 0 Å². The zero-order chi connectivity index (χ0) is 12.8. The zero-order valence-corrected chi connectivity index (χ0v) is 11.5. The van der Waals surface area contributed by atoms with Gasteiger partial charge >= 0.3 is 0 Å². The molecular weight excluding hydrogens is 212 g/mol. The van der Waals surface area contributed by atoms with Crippen molar-refractivity contribution in [1.82, 2.24) is 9.97 Å². The van der Waals surface area contributed by atoms with Crippen LogP contribution in [0.1, 0.15) is 33.4 Å². The minimum atomic E-state index is 0.632. The lowest BCUT2D eigenvalue weighted by molar-refractivity contribution is 0.439. The zero-order valence-electron chi connectivity index (χ0n) is 11.5.